The Kier molecular flexibility index (Phi) is 3.88. The van der Waals surface area contributed by atoms with Gasteiger partial charge >= 0.3 is 5.97 Å². The van der Waals surface area contributed by atoms with Gasteiger partial charge in [-0.15, -0.1) is 11.3 Å². The van der Waals surface area contributed by atoms with Crippen molar-refractivity contribution in [2.24, 2.45) is 7.05 Å². The normalized spacial score (nSPS) is 13.3. The molecule has 2 heterocycles. The molecule has 108 valence electrons. The lowest BCUT2D eigenvalue weighted by atomic mass is 10.2. The third-order valence-electron chi connectivity index (χ3n) is 2.54. The van der Waals surface area contributed by atoms with E-state index in [-0.39, 0.29) is 9.90 Å². The Labute approximate surface area is 119 Å². The zero-order valence-electron chi connectivity index (χ0n) is 10.6. The Bertz CT molecular complexity index is 734. The molecule has 0 aliphatic heterocycles. The number of nitrogens with one attached hydrogen (secondary N) is 1. The average Bonchev–Trinajstić information content (AvgIpc) is 2.95. The van der Waals surface area contributed by atoms with E-state index in [0.29, 0.717) is 5.01 Å². The molecule has 0 fully saturated rings. The van der Waals surface area contributed by atoms with E-state index in [4.69, 9.17) is 0 Å². The molecule has 0 aliphatic carbocycles. The largest absolute Gasteiger partial charge is 0.480 e. The number of thiazole rings is 1. The first-order valence-electron chi connectivity index (χ1n) is 5.47. The summed E-state index contributed by atoms with van der Waals surface area (Å²) in [5.74, 6) is -1.31. The van der Waals surface area contributed by atoms with Gasteiger partial charge in [-0.1, -0.05) is 0 Å². The highest BCUT2D eigenvalue weighted by atomic mass is 32.2. The van der Waals surface area contributed by atoms with E-state index in [1.807, 2.05) is 0 Å². The first-order chi connectivity index (χ1) is 9.31. The van der Waals surface area contributed by atoms with Crippen LogP contribution in [0, 0.1) is 6.92 Å². The number of rotatable bonds is 5. The fourth-order valence-corrected chi connectivity index (χ4v) is 3.87. The Hall–Kier alpha value is -1.78. The maximum absolute atomic E-state index is 12.1. The van der Waals surface area contributed by atoms with Crippen LogP contribution in [-0.2, 0) is 21.9 Å². The molecular weight excluding hydrogens is 304 g/mol. The van der Waals surface area contributed by atoms with Crippen LogP contribution in [0.5, 0.6) is 0 Å². The second kappa shape index (κ2) is 5.31. The molecule has 0 bridgehead atoms. The molecule has 2 aromatic rings. The number of hydrogen-bond donors (Lipinski definition) is 2. The number of carboxylic acid groups (broad SMARTS) is 1. The number of aliphatic carboxylic acids is 1. The number of hydrogen-bond acceptors (Lipinski definition) is 6. The van der Waals surface area contributed by atoms with Crippen molar-refractivity contribution in [3.8, 4) is 0 Å². The molecule has 20 heavy (non-hydrogen) atoms. The second-order valence-electron chi connectivity index (χ2n) is 3.97. The molecule has 1 atom stereocenters. The van der Waals surface area contributed by atoms with Gasteiger partial charge in [0.15, 0.2) is 10.3 Å². The molecule has 0 spiro atoms. The van der Waals surface area contributed by atoms with E-state index in [9.17, 15) is 18.3 Å². The van der Waals surface area contributed by atoms with Gasteiger partial charge in [0.2, 0.25) is 0 Å². The number of aromatic nitrogens is 3. The van der Waals surface area contributed by atoms with Crippen LogP contribution in [0.1, 0.15) is 16.7 Å². The average molecular weight is 316 g/mol. The Morgan fingerprint density at radius 3 is 2.70 bits per heavy atom. The summed E-state index contributed by atoms with van der Waals surface area (Å²) in [6.45, 7) is 1.67. The summed E-state index contributed by atoms with van der Waals surface area (Å²) in [5, 5.41) is 13.6. The van der Waals surface area contributed by atoms with Crippen molar-refractivity contribution in [3.05, 3.63) is 29.2 Å². The fraction of sp³-hybridized carbons (Fsp3) is 0.300. The van der Waals surface area contributed by atoms with Crippen molar-refractivity contribution in [1.82, 2.24) is 19.5 Å². The lowest BCUT2D eigenvalue weighted by Gasteiger charge is -2.14. The van der Waals surface area contributed by atoms with Crippen LogP contribution >= 0.6 is 11.3 Å². The first kappa shape index (κ1) is 14.6. The van der Waals surface area contributed by atoms with Crippen molar-refractivity contribution in [2.45, 2.75) is 17.2 Å². The zero-order chi connectivity index (χ0) is 14.9. The summed E-state index contributed by atoms with van der Waals surface area (Å²) in [6.07, 6.45) is 2.60. The van der Waals surface area contributed by atoms with Crippen molar-refractivity contribution in [3.63, 3.8) is 0 Å². The molecule has 0 aliphatic rings. The maximum Gasteiger partial charge on any atom is 0.327 e. The third-order valence-corrected chi connectivity index (χ3v) is 5.34. The monoisotopic (exact) mass is 316 g/mol. The van der Waals surface area contributed by atoms with Gasteiger partial charge in [-0.25, -0.2) is 13.4 Å². The highest BCUT2D eigenvalue weighted by Crippen LogP contribution is 2.21. The molecule has 0 radical (unpaired) electrons. The number of carbonyl (C=O) groups is 1. The van der Waals surface area contributed by atoms with Crippen LogP contribution in [0.2, 0.25) is 0 Å². The Balaban J connectivity index is 2.34. The van der Waals surface area contributed by atoms with Gasteiger partial charge in [0.05, 0.1) is 16.9 Å². The number of aryl methyl sites for hydroxylation is 2. The van der Waals surface area contributed by atoms with Gasteiger partial charge in [-0.2, -0.15) is 9.82 Å². The Morgan fingerprint density at radius 2 is 2.25 bits per heavy atom. The van der Waals surface area contributed by atoms with E-state index >= 15 is 0 Å². The number of carboxylic acids is 1. The maximum atomic E-state index is 12.1. The van der Waals surface area contributed by atoms with Crippen LogP contribution in [-0.4, -0.2) is 34.3 Å². The molecule has 2 N–H and O–H groups in total. The van der Waals surface area contributed by atoms with Crippen LogP contribution in [0.3, 0.4) is 0 Å². The highest BCUT2D eigenvalue weighted by molar-refractivity contribution is 7.91. The van der Waals surface area contributed by atoms with Gasteiger partial charge in [0.1, 0.15) is 0 Å². The van der Waals surface area contributed by atoms with Crippen molar-refractivity contribution in [1.29, 1.82) is 0 Å². The van der Waals surface area contributed by atoms with Crippen LogP contribution < -0.4 is 4.72 Å². The van der Waals surface area contributed by atoms with E-state index in [0.717, 1.165) is 11.3 Å². The first-order valence-corrected chi connectivity index (χ1v) is 7.76. The third kappa shape index (κ3) is 2.86. The standard InChI is InChI=1S/C10H12N4O4S2/c1-6-11-5-8(19-6)20(17,18)13-9(10(15)16)7-3-4-12-14(7)2/h3-5,9,13H,1-2H3,(H,15,16). The Morgan fingerprint density at radius 1 is 1.55 bits per heavy atom. The smallest absolute Gasteiger partial charge is 0.327 e. The van der Waals surface area contributed by atoms with Crippen LogP contribution in [0.4, 0.5) is 0 Å². The van der Waals surface area contributed by atoms with E-state index in [1.54, 1.807) is 6.92 Å². The van der Waals surface area contributed by atoms with E-state index in [2.05, 4.69) is 14.8 Å². The molecule has 0 saturated carbocycles. The van der Waals surface area contributed by atoms with E-state index in [1.165, 1.54) is 30.2 Å². The summed E-state index contributed by atoms with van der Waals surface area (Å²) in [7, 11) is -2.40. The molecule has 2 rings (SSSR count). The molecule has 0 saturated heterocycles. The predicted molar refractivity (Wildman–Crippen MR) is 70.8 cm³/mol. The quantitative estimate of drug-likeness (QED) is 0.819. The van der Waals surface area contributed by atoms with Gasteiger partial charge in [-0.3, -0.25) is 9.48 Å². The van der Waals surface area contributed by atoms with Gasteiger partial charge < -0.3 is 5.11 Å². The van der Waals surface area contributed by atoms with E-state index < -0.39 is 22.0 Å². The summed E-state index contributed by atoms with van der Waals surface area (Å²) in [4.78, 5) is 15.1. The van der Waals surface area contributed by atoms with Crippen molar-refractivity contribution < 1.29 is 18.3 Å². The van der Waals surface area contributed by atoms with Crippen LogP contribution in [0.15, 0.2) is 22.7 Å². The topological polar surface area (TPSA) is 114 Å². The minimum absolute atomic E-state index is 0.0246. The van der Waals surface area contributed by atoms with Crippen molar-refractivity contribution in [2.75, 3.05) is 0 Å². The molecule has 8 nitrogen and oxygen atoms in total. The molecule has 10 heteroatoms. The lowest BCUT2D eigenvalue weighted by Crippen LogP contribution is -2.34. The zero-order valence-corrected chi connectivity index (χ0v) is 12.3. The molecular formula is C10H12N4O4S2. The summed E-state index contributed by atoms with van der Waals surface area (Å²) in [5.41, 5.74) is 0.238. The van der Waals surface area contributed by atoms with Crippen LogP contribution in [0.25, 0.3) is 0 Å². The summed E-state index contributed by atoms with van der Waals surface area (Å²) < 4.78 is 27.7. The van der Waals surface area contributed by atoms with Gasteiger partial charge in [-0.05, 0) is 13.0 Å². The SMILES string of the molecule is Cc1ncc(S(=O)(=O)NC(C(=O)O)c2ccnn2C)s1. The fourth-order valence-electron chi connectivity index (χ4n) is 1.58. The van der Waals surface area contributed by atoms with Gasteiger partial charge in [0, 0.05) is 13.2 Å². The molecule has 0 aromatic carbocycles. The minimum atomic E-state index is -3.94. The number of sulfonamides is 1. The molecule has 0 amide bonds. The lowest BCUT2D eigenvalue weighted by molar-refractivity contribution is -0.139. The summed E-state index contributed by atoms with van der Waals surface area (Å²) >= 11 is 0.973. The van der Waals surface area contributed by atoms with Crippen molar-refractivity contribution >= 4 is 27.3 Å². The number of nitrogens with zero attached hydrogens (tertiary/aromatic N) is 3. The predicted octanol–water partition coefficient (Wildman–Crippen LogP) is 0.289. The van der Waals surface area contributed by atoms with Gasteiger partial charge in [0.25, 0.3) is 10.0 Å². The second-order valence-corrected chi connectivity index (χ2v) is 7.15. The highest BCUT2D eigenvalue weighted by Gasteiger charge is 2.30. The minimum Gasteiger partial charge on any atom is -0.480 e. The summed E-state index contributed by atoms with van der Waals surface area (Å²) in [6, 6.07) is 0.0362. The molecule has 1 unspecified atom stereocenters. The molecule has 2 aromatic heterocycles.